The molecule has 152 valence electrons. The van der Waals surface area contributed by atoms with Crippen molar-refractivity contribution in [2.24, 2.45) is 0 Å². The van der Waals surface area contributed by atoms with E-state index in [1.54, 1.807) is 9.47 Å². The normalized spacial score (nSPS) is 19.6. The molecule has 3 N–H and O–H groups in total. The van der Waals surface area contributed by atoms with Crippen LogP contribution in [0, 0.1) is 11.6 Å². The first-order valence-electron chi connectivity index (χ1n) is 9.65. The van der Waals surface area contributed by atoms with Gasteiger partial charge in [-0.15, -0.1) is 0 Å². The van der Waals surface area contributed by atoms with Crippen molar-refractivity contribution < 1.29 is 13.9 Å². The molecule has 1 aliphatic heterocycles. The van der Waals surface area contributed by atoms with Crippen molar-refractivity contribution in [1.82, 2.24) is 14.9 Å². The van der Waals surface area contributed by atoms with Gasteiger partial charge in [0.25, 0.3) is 5.56 Å². The molecule has 29 heavy (non-hydrogen) atoms. The van der Waals surface area contributed by atoms with Crippen LogP contribution in [0.15, 0.2) is 21.7 Å². The van der Waals surface area contributed by atoms with Crippen LogP contribution in [0.2, 0.25) is 0 Å². The van der Waals surface area contributed by atoms with Crippen LogP contribution in [-0.4, -0.2) is 40.8 Å². The molecule has 7 nitrogen and oxygen atoms in total. The zero-order chi connectivity index (χ0) is 20.4. The highest BCUT2D eigenvalue weighted by Crippen LogP contribution is 2.42. The van der Waals surface area contributed by atoms with Crippen molar-refractivity contribution in [1.29, 1.82) is 0 Å². The predicted molar refractivity (Wildman–Crippen MR) is 106 cm³/mol. The van der Waals surface area contributed by atoms with Crippen LogP contribution < -0.4 is 21.2 Å². The van der Waals surface area contributed by atoms with E-state index in [2.05, 4.69) is 10.3 Å². The summed E-state index contributed by atoms with van der Waals surface area (Å²) in [6, 6.07) is 2.25. The second-order valence-corrected chi connectivity index (χ2v) is 7.81. The highest BCUT2D eigenvalue weighted by atomic mass is 19.1. The van der Waals surface area contributed by atoms with Crippen LogP contribution in [0.1, 0.15) is 25.3 Å². The Bertz CT molecular complexity index is 1280. The van der Waals surface area contributed by atoms with E-state index >= 15 is 4.39 Å². The van der Waals surface area contributed by atoms with E-state index in [9.17, 15) is 19.1 Å². The third-order valence-electron chi connectivity index (χ3n) is 5.97. The first kappa shape index (κ1) is 18.1. The fraction of sp³-hybridized carbons (Fsp3) is 0.400. The Morgan fingerprint density at radius 1 is 1.21 bits per heavy atom. The second-order valence-electron chi connectivity index (χ2n) is 7.81. The zero-order valence-corrected chi connectivity index (χ0v) is 15.8. The zero-order valence-electron chi connectivity index (χ0n) is 15.8. The number of pyridine rings is 2. The third kappa shape index (κ3) is 2.64. The summed E-state index contributed by atoms with van der Waals surface area (Å²) in [5.41, 5.74) is -1.31. The highest BCUT2D eigenvalue weighted by Gasteiger charge is 2.33. The average Bonchev–Trinajstić information content (AvgIpc) is 3.39. The number of nitrogens with one attached hydrogen (secondary N) is 2. The minimum absolute atomic E-state index is 0.0145. The quantitative estimate of drug-likeness (QED) is 0.583. The van der Waals surface area contributed by atoms with Crippen molar-refractivity contribution in [3.8, 4) is 5.88 Å². The molecule has 1 aromatic carbocycles. The molecule has 1 aliphatic carbocycles. The Morgan fingerprint density at radius 3 is 2.62 bits per heavy atom. The molecule has 0 radical (unpaired) electrons. The minimum atomic E-state index is -0.811. The molecule has 2 aromatic heterocycles. The number of rotatable bonds is 3. The summed E-state index contributed by atoms with van der Waals surface area (Å²) in [6.45, 7) is 0.949. The van der Waals surface area contributed by atoms with Gasteiger partial charge in [0, 0.05) is 31.2 Å². The average molecular weight is 402 g/mol. The van der Waals surface area contributed by atoms with Gasteiger partial charge < -0.3 is 19.9 Å². The number of aromatic amines is 1. The van der Waals surface area contributed by atoms with Gasteiger partial charge in [0.05, 0.1) is 16.4 Å². The molecule has 1 atom stereocenters. The lowest BCUT2D eigenvalue weighted by atomic mass is 10.1. The van der Waals surface area contributed by atoms with E-state index in [1.165, 1.54) is 6.07 Å². The van der Waals surface area contributed by atoms with Gasteiger partial charge in [-0.2, -0.15) is 0 Å². The molecular weight excluding hydrogens is 382 g/mol. The maximum Gasteiger partial charge on any atom is 0.252 e. The number of aromatic nitrogens is 2. The molecule has 1 saturated heterocycles. The van der Waals surface area contributed by atoms with Gasteiger partial charge in [-0.05, 0) is 32.4 Å². The van der Waals surface area contributed by atoms with Crippen LogP contribution in [0.4, 0.5) is 14.5 Å². The molecule has 0 amide bonds. The first-order valence-corrected chi connectivity index (χ1v) is 9.65. The molecule has 0 spiro atoms. The van der Waals surface area contributed by atoms with Crippen LogP contribution in [0.25, 0.3) is 21.8 Å². The van der Waals surface area contributed by atoms with E-state index < -0.39 is 28.5 Å². The maximum atomic E-state index is 15.8. The van der Waals surface area contributed by atoms with Gasteiger partial charge in [0.2, 0.25) is 11.3 Å². The van der Waals surface area contributed by atoms with Crippen LogP contribution >= 0.6 is 0 Å². The molecule has 5 rings (SSSR count). The summed E-state index contributed by atoms with van der Waals surface area (Å²) in [7, 11) is 1.81. The first-order chi connectivity index (χ1) is 13.9. The van der Waals surface area contributed by atoms with Gasteiger partial charge in [0.15, 0.2) is 5.82 Å². The number of hydrogen-bond acceptors (Lipinski definition) is 5. The lowest BCUT2D eigenvalue weighted by Gasteiger charge is -2.23. The van der Waals surface area contributed by atoms with E-state index in [1.807, 2.05) is 7.05 Å². The summed E-state index contributed by atoms with van der Waals surface area (Å²) in [4.78, 5) is 28.8. The molecule has 3 aromatic rings. The number of aromatic hydroxyl groups is 1. The number of nitrogens with zero attached hydrogens (tertiary/aromatic N) is 2. The number of anilines is 1. The van der Waals surface area contributed by atoms with Crippen molar-refractivity contribution in [3.05, 3.63) is 44.3 Å². The molecular formula is C20H20F2N4O3. The van der Waals surface area contributed by atoms with E-state index in [-0.39, 0.29) is 39.6 Å². The largest absolute Gasteiger partial charge is 0.494 e. The molecule has 2 aliphatic rings. The number of likely N-dealkylation sites (N-methyl/N-ethyl adjacent to an activating group) is 1. The molecule has 3 heterocycles. The second kappa shape index (κ2) is 6.28. The lowest BCUT2D eigenvalue weighted by Crippen LogP contribution is -2.30. The lowest BCUT2D eigenvalue weighted by molar-refractivity contribution is 0.458. The molecule has 1 saturated carbocycles. The maximum absolute atomic E-state index is 15.8. The number of fused-ring (bicyclic) bond motifs is 2. The SMILES string of the molecule is CNC1CCN(c2c(F)cc3c(=O)c4c(O)[nH]c(=O)cc4n(C4CC4)c3c2F)C1. The van der Waals surface area contributed by atoms with Crippen LogP contribution in [0.3, 0.4) is 0 Å². The van der Waals surface area contributed by atoms with E-state index in [0.29, 0.717) is 13.1 Å². The number of H-pyrrole nitrogens is 1. The summed E-state index contributed by atoms with van der Waals surface area (Å²) in [5, 5.41) is 13.0. The summed E-state index contributed by atoms with van der Waals surface area (Å²) in [6.07, 6.45) is 2.25. The Hall–Kier alpha value is -2.94. The van der Waals surface area contributed by atoms with E-state index in [0.717, 1.165) is 25.3 Å². The van der Waals surface area contributed by atoms with E-state index in [4.69, 9.17) is 0 Å². The Balaban J connectivity index is 1.89. The van der Waals surface area contributed by atoms with Gasteiger partial charge in [-0.3, -0.25) is 14.6 Å². The van der Waals surface area contributed by atoms with Crippen molar-refractivity contribution in [2.75, 3.05) is 25.0 Å². The standard InChI is InChI=1S/C20H20F2N4O3/c1-23-9-4-5-25(8-9)18-12(21)6-11-17(16(18)22)26(10-2-3-10)13-7-14(27)24-20(29)15(13)19(11)28/h6-7,9-10,23H,2-5,8H2,1H3,(H2,24,27,29). The smallest absolute Gasteiger partial charge is 0.252 e. The minimum Gasteiger partial charge on any atom is -0.494 e. The third-order valence-corrected chi connectivity index (χ3v) is 5.97. The molecule has 0 bridgehead atoms. The number of hydrogen-bond donors (Lipinski definition) is 3. The number of benzene rings is 1. The molecule has 9 heteroatoms. The number of halogens is 2. The molecule has 1 unspecified atom stereocenters. The fourth-order valence-electron chi connectivity index (χ4n) is 4.41. The Labute approximate surface area is 163 Å². The topological polar surface area (TPSA) is 90.4 Å². The fourth-order valence-corrected chi connectivity index (χ4v) is 4.41. The van der Waals surface area contributed by atoms with Gasteiger partial charge in [0.1, 0.15) is 16.9 Å². The van der Waals surface area contributed by atoms with Crippen molar-refractivity contribution in [3.63, 3.8) is 0 Å². The summed E-state index contributed by atoms with van der Waals surface area (Å²) >= 11 is 0. The van der Waals surface area contributed by atoms with Gasteiger partial charge in [-0.1, -0.05) is 0 Å². The van der Waals surface area contributed by atoms with Gasteiger partial charge in [-0.25, -0.2) is 8.78 Å². The Morgan fingerprint density at radius 2 is 1.97 bits per heavy atom. The highest BCUT2D eigenvalue weighted by molar-refractivity contribution is 5.97. The monoisotopic (exact) mass is 402 g/mol. The predicted octanol–water partition coefficient (Wildman–Crippen LogP) is 1.96. The van der Waals surface area contributed by atoms with Crippen LogP contribution in [0.5, 0.6) is 5.88 Å². The Kier molecular flexibility index (Phi) is 3.92. The summed E-state index contributed by atoms with van der Waals surface area (Å²) < 4.78 is 32.3. The van der Waals surface area contributed by atoms with Gasteiger partial charge >= 0.3 is 0 Å². The summed E-state index contributed by atoms with van der Waals surface area (Å²) in [5.74, 6) is -2.20. The van der Waals surface area contributed by atoms with Crippen molar-refractivity contribution >= 4 is 27.5 Å². The molecule has 2 fully saturated rings. The van der Waals surface area contributed by atoms with Crippen LogP contribution in [-0.2, 0) is 0 Å². The van der Waals surface area contributed by atoms with Crippen molar-refractivity contribution in [2.45, 2.75) is 31.3 Å².